The Kier molecular flexibility index (Phi) is 6.10. The van der Waals surface area contributed by atoms with Crippen LogP contribution in [0.3, 0.4) is 0 Å². The van der Waals surface area contributed by atoms with Crippen LogP contribution >= 0.6 is 0 Å². The van der Waals surface area contributed by atoms with Gasteiger partial charge in [0.05, 0.1) is 0 Å². The van der Waals surface area contributed by atoms with Crippen LogP contribution in [-0.2, 0) is 6.54 Å². The van der Waals surface area contributed by atoms with Crippen molar-refractivity contribution in [2.45, 2.75) is 6.54 Å². The van der Waals surface area contributed by atoms with E-state index < -0.39 is 0 Å². The van der Waals surface area contributed by atoms with E-state index in [-0.39, 0.29) is 52.8 Å². The number of hydrogen-bond acceptors (Lipinski definition) is 1. The third-order valence-electron chi connectivity index (χ3n) is 1.08. The standard InChI is InChI=1S/C7H9N.K.H/c8-6-7-4-2-1-3-5-7;;/h1-5H,6,8H2;;/q;+1;-1. The van der Waals surface area contributed by atoms with E-state index >= 15 is 0 Å². The molecule has 0 radical (unpaired) electrons. The van der Waals surface area contributed by atoms with E-state index in [1.54, 1.807) is 0 Å². The van der Waals surface area contributed by atoms with E-state index in [1.165, 1.54) is 5.56 Å². The molecule has 2 N–H and O–H groups in total. The monoisotopic (exact) mass is 147 g/mol. The molecule has 0 aliphatic carbocycles. The average Bonchev–Trinajstić information content (AvgIpc) is 1.90. The average molecular weight is 147 g/mol. The summed E-state index contributed by atoms with van der Waals surface area (Å²) in [6.45, 7) is 0.640. The quantitative estimate of drug-likeness (QED) is 0.469. The Morgan fingerprint density at radius 3 is 2.11 bits per heavy atom. The number of benzene rings is 1. The van der Waals surface area contributed by atoms with Crippen LogP contribution in [0.4, 0.5) is 0 Å². The van der Waals surface area contributed by atoms with Gasteiger partial charge in [-0.2, -0.15) is 0 Å². The first kappa shape index (κ1) is 9.82. The Labute approximate surface area is 99.5 Å². The van der Waals surface area contributed by atoms with Gasteiger partial charge in [-0.25, -0.2) is 0 Å². The van der Waals surface area contributed by atoms with Crippen LogP contribution in [0, 0.1) is 0 Å². The van der Waals surface area contributed by atoms with Gasteiger partial charge in [-0.1, -0.05) is 30.3 Å². The van der Waals surface area contributed by atoms with Gasteiger partial charge in [0.25, 0.3) is 0 Å². The molecule has 0 heterocycles. The van der Waals surface area contributed by atoms with Crippen molar-refractivity contribution in [2.24, 2.45) is 5.73 Å². The molecule has 0 atom stereocenters. The molecule has 44 valence electrons. The molecule has 0 saturated heterocycles. The van der Waals surface area contributed by atoms with Crippen molar-refractivity contribution in [3.63, 3.8) is 0 Å². The molecule has 0 amide bonds. The van der Waals surface area contributed by atoms with Crippen LogP contribution < -0.4 is 57.1 Å². The Hall–Kier alpha value is 0.816. The first-order valence-electron chi connectivity index (χ1n) is 2.67. The van der Waals surface area contributed by atoms with Crippen LogP contribution in [0.15, 0.2) is 30.3 Å². The number of hydrogen-bond donors (Lipinski definition) is 1. The van der Waals surface area contributed by atoms with Gasteiger partial charge in [0.2, 0.25) is 0 Å². The summed E-state index contributed by atoms with van der Waals surface area (Å²) in [4.78, 5) is 0. The predicted molar refractivity (Wildman–Crippen MR) is 35.4 cm³/mol. The molecule has 0 aliphatic rings. The van der Waals surface area contributed by atoms with E-state index in [2.05, 4.69) is 0 Å². The molecule has 0 aromatic heterocycles. The molecule has 1 aromatic rings. The predicted octanol–water partition coefficient (Wildman–Crippen LogP) is -1.74. The van der Waals surface area contributed by atoms with E-state index in [9.17, 15) is 0 Å². The fraction of sp³-hybridized carbons (Fsp3) is 0.143. The second kappa shape index (κ2) is 5.59. The molecule has 1 nitrogen and oxygen atoms in total. The minimum Gasteiger partial charge on any atom is -1.00 e. The van der Waals surface area contributed by atoms with Crippen LogP contribution in [-0.4, -0.2) is 0 Å². The Morgan fingerprint density at radius 2 is 1.78 bits per heavy atom. The topological polar surface area (TPSA) is 26.0 Å². The minimum atomic E-state index is 0. The smallest absolute Gasteiger partial charge is 1.00 e. The second-order valence-corrected chi connectivity index (χ2v) is 1.69. The summed E-state index contributed by atoms with van der Waals surface area (Å²) in [6, 6.07) is 9.99. The molecule has 0 saturated carbocycles. The van der Waals surface area contributed by atoms with Gasteiger partial charge < -0.3 is 7.16 Å². The van der Waals surface area contributed by atoms with Gasteiger partial charge in [-0.05, 0) is 5.56 Å². The molecule has 0 unspecified atom stereocenters. The van der Waals surface area contributed by atoms with Crippen LogP contribution in [0.2, 0.25) is 0 Å². The third-order valence-corrected chi connectivity index (χ3v) is 1.08. The molecular formula is C7H10KN. The number of rotatable bonds is 1. The van der Waals surface area contributed by atoms with Gasteiger partial charge in [-0.15, -0.1) is 0 Å². The zero-order chi connectivity index (χ0) is 5.82. The fourth-order valence-electron chi connectivity index (χ4n) is 0.614. The summed E-state index contributed by atoms with van der Waals surface area (Å²) in [7, 11) is 0. The fourth-order valence-corrected chi connectivity index (χ4v) is 0.614. The van der Waals surface area contributed by atoms with Gasteiger partial charge in [0.15, 0.2) is 0 Å². The molecule has 0 spiro atoms. The van der Waals surface area contributed by atoms with Crippen LogP contribution in [0.5, 0.6) is 0 Å². The van der Waals surface area contributed by atoms with Gasteiger partial charge >= 0.3 is 51.4 Å². The van der Waals surface area contributed by atoms with Gasteiger partial charge in [-0.3, -0.25) is 0 Å². The van der Waals surface area contributed by atoms with Crippen molar-refractivity contribution < 1.29 is 52.8 Å². The maximum Gasteiger partial charge on any atom is 1.00 e. The Bertz CT molecular complexity index is 155. The first-order valence-corrected chi connectivity index (χ1v) is 2.67. The maximum atomic E-state index is 5.35. The molecule has 0 aliphatic heterocycles. The molecule has 0 bridgehead atoms. The van der Waals surface area contributed by atoms with Crippen molar-refractivity contribution in [3.05, 3.63) is 35.9 Å². The number of nitrogens with two attached hydrogens (primary N) is 1. The van der Waals surface area contributed by atoms with Crippen molar-refractivity contribution >= 4 is 0 Å². The normalized spacial score (nSPS) is 8.11. The van der Waals surface area contributed by atoms with Gasteiger partial charge in [0, 0.05) is 6.54 Å². The summed E-state index contributed by atoms with van der Waals surface area (Å²) >= 11 is 0. The van der Waals surface area contributed by atoms with Crippen molar-refractivity contribution in [3.8, 4) is 0 Å². The minimum absolute atomic E-state index is 0. The van der Waals surface area contributed by atoms with Crippen LogP contribution in [0.1, 0.15) is 6.99 Å². The summed E-state index contributed by atoms with van der Waals surface area (Å²) in [5, 5.41) is 0. The zero-order valence-corrected chi connectivity index (χ0v) is 8.79. The molecule has 1 aromatic carbocycles. The summed E-state index contributed by atoms with van der Waals surface area (Å²) in [5.41, 5.74) is 6.54. The molecule has 9 heavy (non-hydrogen) atoms. The molecule has 0 fully saturated rings. The molecule has 2 heteroatoms. The molecular weight excluding hydrogens is 137 g/mol. The largest absolute Gasteiger partial charge is 1.00 e. The summed E-state index contributed by atoms with van der Waals surface area (Å²) in [5.74, 6) is 0. The molecule has 1 rings (SSSR count). The third kappa shape index (κ3) is 3.50. The zero-order valence-electron chi connectivity index (χ0n) is 6.67. The maximum absolute atomic E-state index is 5.35. The Morgan fingerprint density at radius 1 is 1.22 bits per heavy atom. The second-order valence-electron chi connectivity index (χ2n) is 1.69. The van der Waals surface area contributed by atoms with E-state index in [4.69, 9.17) is 5.73 Å². The van der Waals surface area contributed by atoms with Crippen molar-refractivity contribution in [1.82, 2.24) is 0 Å². The Balaban J connectivity index is 0. The van der Waals surface area contributed by atoms with E-state index in [0.29, 0.717) is 6.54 Å². The summed E-state index contributed by atoms with van der Waals surface area (Å²) in [6.07, 6.45) is 0. The van der Waals surface area contributed by atoms with E-state index in [0.717, 1.165) is 0 Å². The summed E-state index contributed by atoms with van der Waals surface area (Å²) < 4.78 is 0. The SMILES string of the molecule is NCc1ccccc1.[H-].[K+]. The van der Waals surface area contributed by atoms with E-state index in [1.807, 2.05) is 30.3 Å². The van der Waals surface area contributed by atoms with Crippen molar-refractivity contribution in [1.29, 1.82) is 0 Å². The first-order chi connectivity index (χ1) is 3.93. The van der Waals surface area contributed by atoms with Gasteiger partial charge in [0.1, 0.15) is 0 Å². The van der Waals surface area contributed by atoms with Crippen molar-refractivity contribution in [2.75, 3.05) is 0 Å². The van der Waals surface area contributed by atoms with Crippen LogP contribution in [0.25, 0.3) is 0 Å².